The minimum Gasteiger partial charge on any atom is -0.468 e. The van der Waals surface area contributed by atoms with Crippen molar-refractivity contribution in [3.63, 3.8) is 0 Å². The molecule has 3 N–H and O–H groups in total. The molecule has 1 atom stereocenters. The summed E-state index contributed by atoms with van der Waals surface area (Å²) < 4.78 is 10.0. The third kappa shape index (κ3) is 8.88. The van der Waals surface area contributed by atoms with Crippen molar-refractivity contribution in [1.29, 1.82) is 0 Å². The highest BCUT2D eigenvalue weighted by atomic mass is 35.5. The molecule has 1 heterocycles. The van der Waals surface area contributed by atoms with E-state index >= 15 is 0 Å². The summed E-state index contributed by atoms with van der Waals surface area (Å²) in [7, 11) is 0. The zero-order valence-corrected chi connectivity index (χ0v) is 20.9. The van der Waals surface area contributed by atoms with Crippen LogP contribution in [0.25, 0.3) is 22.4 Å². The van der Waals surface area contributed by atoms with Gasteiger partial charge in [0.15, 0.2) is 5.78 Å². The summed E-state index contributed by atoms with van der Waals surface area (Å²) in [5.74, 6) is -0.720. The van der Waals surface area contributed by atoms with E-state index in [1.165, 1.54) is 0 Å². The number of amides is 2. The van der Waals surface area contributed by atoms with Crippen LogP contribution in [-0.4, -0.2) is 41.9 Å². The van der Waals surface area contributed by atoms with E-state index in [0.29, 0.717) is 29.4 Å². The first-order valence-corrected chi connectivity index (χ1v) is 12.2. The Balaban J connectivity index is 1.55. The maximum Gasteiger partial charge on any atom is 0.293 e. The standard InChI is InChI=1S/C27H28ClN3O6/c28-21-4-1-3-20(15-21)18-6-8-19(9-7-18)24-16-22(37-31-24)10-13-27(35)30-23(5-2-14-36-17-32)25(33)11-12-26(29)34/h1,3-4,6-9,15-17,23H,2,5,10-14H2,(H2,29,34)(H,30,35)/t23-/m0/s1. The lowest BCUT2D eigenvalue weighted by Crippen LogP contribution is -2.41. The van der Waals surface area contributed by atoms with Crippen molar-refractivity contribution in [2.75, 3.05) is 6.61 Å². The fraction of sp³-hybridized carbons (Fsp3) is 0.296. The van der Waals surface area contributed by atoms with Gasteiger partial charge in [-0.1, -0.05) is 53.2 Å². The van der Waals surface area contributed by atoms with Crippen LogP contribution >= 0.6 is 11.6 Å². The number of hydrogen-bond acceptors (Lipinski definition) is 7. The molecular weight excluding hydrogens is 498 g/mol. The van der Waals surface area contributed by atoms with E-state index in [1.54, 1.807) is 6.07 Å². The van der Waals surface area contributed by atoms with Gasteiger partial charge in [0.25, 0.3) is 6.47 Å². The Morgan fingerprint density at radius 1 is 1.03 bits per heavy atom. The second-order valence-corrected chi connectivity index (χ2v) is 8.86. The Hall–Kier alpha value is -3.98. The summed E-state index contributed by atoms with van der Waals surface area (Å²) in [6, 6.07) is 16.4. The number of ketones is 1. The number of benzene rings is 2. The van der Waals surface area contributed by atoms with Gasteiger partial charge in [-0.25, -0.2) is 0 Å². The molecule has 9 nitrogen and oxygen atoms in total. The molecule has 3 rings (SSSR count). The number of hydrogen-bond donors (Lipinski definition) is 2. The van der Waals surface area contributed by atoms with Crippen molar-refractivity contribution >= 4 is 35.7 Å². The monoisotopic (exact) mass is 525 g/mol. The first-order valence-electron chi connectivity index (χ1n) is 11.8. The van der Waals surface area contributed by atoms with Gasteiger partial charge in [0.05, 0.1) is 12.6 Å². The number of Topliss-reactive ketones (excluding diaryl/α,β-unsaturated/α-hetero) is 1. The number of ether oxygens (including phenoxy) is 1. The third-order valence-electron chi connectivity index (χ3n) is 5.66. The van der Waals surface area contributed by atoms with Crippen LogP contribution in [0.15, 0.2) is 59.1 Å². The van der Waals surface area contributed by atoms with Gasteiger partial charge >= 0.3 is 0 Å². The highest BCUT2D eigenvalue weighted by molar-refractivity contribution is 6.30. The lowest BCUT2D eigenvalue weighted by Gasteiger charge is -2.17. The summed E-state index contributed by atoms with van der Waals surface area (Å²) in [5.41, 5.74) is 8.65. The second-order valence-electron chi connectivity index (χ2n) is 8.43. The van der Waals surface area contributed by atoms with Gasteiger partial charge in [0.2, 0.25) is 11.8 Å². The quantitative estimate of drug-likeness (QED) is 0.226. The van der Waals surface area contributed by atoms with E-state index in [4.69, 9.17) is 21.9 Å². The molecule has 0 aliphatic rings. The first-order chi connectivity index (χ1) is 17.9. The Bertz CT molecular complexity index is 1220. The van der Waals surface area contributed by atoms with Crippen molar-refractivity contribution in [1.82, 2.24) is 10.5 Å². The lowest BCUT2D eigenvalue weighted by molar-refractivity contribution is -0.130. The predicted molar refractivity (Wildman–Crippen MR) is 137 cm³/mol. The lowest BCUT2D eigenvalue weighted by atomic mass is 10.0. The molecule has 2 amide bonds. The number of nitrogens with zero attached hydrogens (tertiary/aromatic N) is 1. The fourth-order valence-corrected chi connectivity index (χ4v) is 3.92. The molecule has 0 aliphatic carbocycles. The molecule has 0 saturated carbocycles. The summed E-state index contributed by atoms with van der Waals surface area (Å²) in [6.45, 7) is 0.446. The van der Waals surface area contributed by atoms with E-state index < -0.39 is 11.9 Å². The summed E-state index contributed by atoms with van der Waals surface area (Å²) in [5, 5.41) is 7.46. The Morgan fingerprint density at radius 2 is 1.78 bits per heavy atom. The van der Waals surface area contributed by atoms with E-state index in [0.717, 1.165) is 16.7 Å². The SMILES string of the molecule is NC(=O)CCC(=O)[C@H](CCCOC=O)NC(=O)CCc1cc(-c2ccc(-c3cccc(Cl)c3)cc2)no1. The average Bonchev–Trinajstić information content (AvgIpc) is 3.37. The predicted octanol–water partition coefficient (Wildman–Crippen LogP) is 3.87. The third-order valence-corrected chi connectivity index (χ3v) is 5.90. The number of carbonyl (C=O) groups is 4. The van der Waals surface area contributed by atoms with Crippen LogP contribution in [0.2, 0.25) is 5.02 Å². The molecule has 3 aromatic rings. The van der Waals surface area contributed by atoms with Crippen molar-refractivity contribution in [3.05, 3.63) is 65.4 Å². The molecular formula is C27H28ClN3O6. The topological polar surface area (TPSA) is 142 Å². The highest BCUT2D eigenvalue weighted by Gasteiger charge is 2.21. The number of rotatable bonds is 15. The molecule has 0 radical (unpaired) electrons. The van der Waals surface area contributed by atoms with E-state index in [1.807, 2.05) is 48.5 Å². The fourth-order valence-electron chi connectivity index (χ4n) is 3.72. The molecule has 2 aromatic carbocycles. The van der Waals surface area contributed by atoms with Crippen molar-refractivity contribution in [2.45, 2.75) is 44.6 Å². The molecule has 0 unspecified atom stereocenters. The number of aryl methyl sites for hydroxylation is 1. The van der Waals surface area contributed by atoms with Crippen molar-refractivity contribution in [3.8, 4) is 22.4 Å². The molecule has 0 saturated heterocycles. The maximum absolute atomic E-state index is 12.5. The van der Waals surface area contributed by atoms with Gasteiger partial charge in [-0.2, -0.15) is 0 Å². The number of halogens is 1. The van der Waals surface area contributed by atoms with Crippen LogP contribution in [0.5, 0.6) is 0 Å². The largest absolute Gasteiger partial charge is 0.468 e. The summed E-state index contributed by atoms with van der Waals surface area (Å²) >= 11 is 6.08. The van der Waals surface area contributed by atoms with Crippen LogP contribution in [0.1, 0.15) is 37.9 Å². The van der Waals surface area contributed by atoms with E-state index in [9.17, 15) is 19.2 Å². The highest BCUT2D eigenvalue weighted by Crippen LogP contribution is 2.26. The molecule has 194 valence electrons. The molecule has 0 fully saturated rings. The van der Waals surface area contributed by atoms with Gasteiger partial charge in [0, 0.05) is 42.3 Å². The average molecular weight is 526 g/mol. The number of primary amides is 1. The zero-order valence-electron chi connectivity index (χ0n) is 20.2. The zero-order chi connectivity index (χ0) is 26.6. The van der Waals surface area contributed by atoms with Crippen molar-refractivity contribution < 1.29 is 28.4 Å². The van der Waals surface area contributed by atoms with Gasteiger partial charge in [-0.05, 0) is 36.1 Å². The number of nitrogens with two attached hydrogens (primary N) is 1. The molecule has 37 heavy (non-hydrogen) atoms. The Kier molecular flexibility index (Phi) is 10.4. The second kappa shape index (κ2) is 13.9. The van der Waals surface area contributed by atoms with Gasteiger partial charge in [0.1, 0.15) is 11.5 Å². The first kappa shape index (κ1) is 27.6. The molecule has 10 heteroatoms. The molecule has 0 spiro atoms. The Morgan fingerprint density at radius 3 is 2.49 bits per heavy atom. The minimum absolute atomic E-state index is 0.0730. The molecule has 0 bridgehead atoms. The molecule has 0 aliphatic heterocycles. The Labute approximate surface area is 219 Å². The normalized spacial score (nSPS) is 11.5. The maximum atomic E-state index is 12.5. The molecule has 1 aromatic heterocycles. The van der Waals surface area contributed by atoms with Crippen molar-refractivity contribution in [2.24, 2.45) is 5.73 Å². The summed E-state index contributed by atoms with van der Waals surface area (Å²) in [4.78, 5) is 46.3. The van der Waals surface area contributed by atoms with Gasteiger partial charge < -0.3 is 20.3 Å². The van der Waals surface area contributed by atoms with Crippen LogP contribution in [0.3, 0.4) is 0 Å². The van der Waals surface area contributed by atoms with Gasteiger partial charge in [-0.15, -0.1) is 0 Å². The number of carbonyl (C=O) groups excluding carboxylic acids is 4. The van der Waals surface area contributed by atoms with Crippen LogP contribution in [0, 0.1) is 0 Å². The van der Waals surface area contributed by atoms with Crippen LogP contribution < -0.4 is 11.1 Å². The van der Waals surface area contributed by atoms with Crippen LogP contribution in [-0.2, 0) is 30.3 Å². The number of aromatic nitrogens is 1. The summed E-state index contributed by atoms with van der Waals surface area (Å²) in [6.07, 6.45) is 0.846. The minimum atomic E-state index is -0.801. The van der Waals surface area contributed by atoms with Crippen LogP contribution in [0.4, 0.5) is 0 Å². The van der Waals surface area contributed by atoms with E-state index in [-0.39, 0.29) is 50.4 Å². The number of nitrogens with one attached hydrogen (secondary N) is 1. The smallest absolute Gasteiger partial charge is 0.293 e. The van der Waals surface area contributed by atoms with Gasteiger partial charge in [-0.3, -0.25) is 19.2 Å². The van der Waals surface area contributed by atoms with E-state index in [2.05, 4.69) is 15.2 Å².